The van der Waals surface area contributed by atoms with Gasteiger partial charge in [0.15, 0.2) is 11.8 Å². The second-order valence-corrected chi connectivity index (χ2v) is 7.83. The first-order chi connectivity index (χ1) is 12.9. The van der Waals surface area contributed by atoms with Crippen molar-refractivity contribution in [1.82, 2.24) is 5.32 Å². The highest BCUT2D eigenvalue weighted by Crippen LogP contribution is 2.41. The van der Waals surface area contributed by atoms with Crippen LogP contribution in [0.3, 0.4) is 0 Å². The lowest BCUT2D eigenvalue weighted by Gasteiger charge is -2.31. The van der Waals surface area contributed by atoms with Gasteiger partial charge < -0.3 is 19.5 Å². The quantitative estimate of drug-likeness (QED) is 0.656. The molecule has 5 atom stereocenters. The van der Waals surface area contributed by atoms with Crippen molar-refractivity contribution in [2.45, 2.75) is 58.6 Å². The molecule has 0 aromatic rings. The third kappa shape index (κ3) is 4.57. The molecule has 1 saturated heterocycles. The van der Waals surface area contributed by atoms with Crippen LogP contribution in [0.1, 0.15) is 34.6 Å². The Morgan fingerprint density at radius 2 is 1.89 bits per heavy atom. The standard InChI is InChI=1S/C19H27FN2O6/c1-9(2)17(24)26-8-12-15(28-18(25)10(3)4)19(5,20)14(27-12)11-6-7-13(21)22-16(11)23/h6-7,9-12,14-15H,8H2,1-5H3,(H2,21,22,23)/t11?,12-,14+,15-,19+/m1/s1. The largest absolute Gasteiger partial charge is 0.463 e. The maximum absolute atomic E-state index is 15.7. The van der Waals surface area contributed by atoms with Crippen LogP contribution in [0.15, 0.2) is 12.2 Å². The van der Waals surface area contributed by atoms with Crippen molar-refractivity contribution in [3.63, 3.8) is 0 Å². The minimum absolute atomic E-state index is 0.106. The summed E-state index contributed by atoms with van der Waals surface area (Å²) in [4.78, 5) is 36.1. The number of carbonyl (C=O) groups is 3. The highest BCUT2D eigenvalue weighted by molar-refractivity contribution is 6.06. The number of ether oxygens (including phenoxy) is 3. The molecule has 1 fully saturated rings. The van der Waals surface area contributed by atoms with E-state index in [1.165, 1.54) is 19.1 Å². The summed E-state index contributed by atoms with van der Waals surface area (Å²) in [7, 11) is 0. The first kappa shape index (κ1) is 22.0. The summed E-state index contributed by atoms with van der Waals surface area (Å²) in [5.41, 5.74) is -2.22. The molecule has 28 heavy (non-hydrogen) atoms. The average Bonchev–Trinajstić information content (AvgIpc) is 2.83. The third-order valence-corrected chi connectivity index (χ3v) is 4.70. The fourth-order valence-corrected chi connectivity index (χ4v) is 3.05. The van der Waals surface area contributed by atoms with E-state index in [0.717, 1.165) is 0 Å². The van der Waals surface area contributed by atoms with Gasteiger partial charge in [0.05, 0.1) is 17.8 Å². The molecule has 2 heterocycles. The first-order valence-corrected chi connectivity index (χ1v) is 9.24. The summed E-state index contributed by atoms with van der Waals surface area (Å²) in [5, 5.41) is 9.79. The Labute approximate surface area is 163 Å². The molecule has 2 aliphatic heterocycles. The predicted octanol–water partition coefficient (Wildman–Crippen LogP) is 1.53. The number of rotatable bonds is 6. The van der Waals surface area contributed by atoms with Crippen LogP contribution in [0.5, 0.6) is 0 Å². The number of nitrogens with one attached hydrogen (secondary N) is 2. The highest BCUT2D eigenvalue weighted by atomic mass is 19.1. The van der Waals surface area contributed by atoms with E-state index in [4.69, 9.17) is 19.6 Å². The summed E-state index contributed by atoms with van der Waals surface area (Å²) in [6.07, 6.45) is -0.965. The zero-order valence-corrected chi connectivity index (χ0v) is 16.7. The maximum Gasteiger partial charge on any atom is 0.308 e. The van der Waals surface area contributed by atoms with Gasteiger partial charge in [-0.25, -0.2) is 4.39 Å². The average molecular weight is 398 g/mol. The first-order valence-electron chi connectivity index (χ1n) is 9.24. The van der Waals surface area contributed by atoms with E-state index in [-0.39, 0.29) is 18.4 Å². The Bertz CT molecular complexity index is 688. The Kier molecular flexibility index (Phi) is 6.59. The smallest absolute Gasteiger partial charge is 0.308 e. The number of amidine groups is 1. The predicted molar refractivity (Wildman–Crippen MR) is 97.2 cm³/mol. The van der Waals surface area contributed by atoms with Gasteiger partial charge >= 0.3 is 11.9 Å². The molecule has 2 N–H and O–H groups in total. The van der Waals surface area contributed by atoms with Crippen molar-refractivity contribution in [3.05, 3.63) is 12.2 Å². The van der Waals surface area contributed by atoms with Crippen LogP contribution < -0.4 is 5.32 Å². The van der Waals surface area contributed by atoms with Crippen molar-refractivity contribution in [2.24, 2.45) is 17.8 Å². The maximum atomic E-state index is 15.7. The van der Waals surface area contributed by atoms with E-state index < -0.39 is 53.7 Å². The molecular weight excluding hydrogens is 371 g/mol. The molecule has 0 saturated carbocycles. The van der Waals surface area contributed by atoms with Crippen LogP contribution in [-0.4, -0.2) is 54.3 Å². The molecule has 9 heteroatoms. The topological polar surface area (TPSA) is 115 Å². The molecule has 2 aliphatic rings. The summed E-state index contributed by atoms with van der Waals surface area (Å²) in [6, 6.07) is 0. The molecule has 0 aliphatic carbocycles. The lowest BCUT2D eigenvalue weighted by molar-refractivity contribution is -0.165. The Morgan fingerprint density at radius 1 is 1.29 bits per heavy atom. The Balaban J connectivity index is 2.27. The molecule has 8 nitrogen and oxygen atoms in total. The summed E-state index contributed by atoms with van der Waals surface area (Å²) >= 11 is 0. The van der Waals surface area contributed by atoms with E-state index in [1.807, 2.05) is 0 Å². The van der Waals surface area contributed by atoms with Gasteiger partial charge in [-0.05, 0) is 13.0 Å². The molecular formula is C19H27FN2O6. The van der Waals surface area contributed by atoms with Crippen molar-refractivity contribution < 1.29 is 33.0 Å². The SMILES string of the molecule is CC(C)C(=O)OC[C@H]1O[C@@H](C2C=CC(=N)NC2=O)[C@](C)(F)[C@@H]1OC(=O)C(C)C. The lowest BCUT2D eigenvalue weighted by Crippen LogP contribution is -2.51. The van der Waals surface area contributed by atoms with E-state index in [0.29, 0.717) is 0 Å². The van der Waals surface area contributed by atoms with Gasteiger partial charge in [-0.2, -0.15) is 0 Å². The molecule has 1 unspecified atom stereocenters. The number of halogens is 1. The number of amides is 1. The molecule has 0 aromatic carbocycles. The molecule has 0 aromatic heterocycles. The van der Waals surface area contributed by atoms with Crippen molar-refractivity contribution >= 4 is 23.7 Å². The van der Waals surface area contributed by atoms with E-state index in [1.54, 1.807) is 27.7 Å². The fourth-order valence-electron chi connectivity index (χ4n) is 3.05. The van der Waals surface area contributed by atoms with Gasteiger partial charge in [-0.1, -0.05) is 33.8 Å². The number of hydrogen-bond donors (Lipinski definition) is 2. The van der Waals surface area contributed by atoms with Gasteiger partial charge in [0.25, 0.3) is 0 Å². The number of alkyl halides is 1. The molecule has 1 amide bonds. The number of hydrogen-bond acceptors (Lipinski definition) is 7. The van der Waals surface area contributed by atoms with Crippen LogP contribution in [0.4, 0.5) is 4.39 Å². The van der Waals surface area contributed by atoms with Crippen molar-refractivity contribution in [2.75, 3.05) is 6.61 Å². The zero-order chi connectivity index (χ0) is 21.2. The van der Waals surface area contributed by atoms with Gasteiger partial charge in [-0.3, -0.25) is 19.8 Å². The number of esters is 2. The molecule has 0 radical (unpaired) electrons. The second-order valence-electron chi connectivity index (χ2n) is 7.83. The third-order valence-electron chi connectivity index (χ3n) is 4.70. The zero-order valence-electron chi connectivity index (χ0n) is 16.7. The van der Waals surface area contributed by atoms with Crippen LogP contribution in [-0.2, 0) is 28.6 Å². The Hall–Kier alpha value is -2.29. The lowest BCUT2D eigenvalue weighted by atomic mass is 9.85. The number of carbonyl (C=O) groups excluding carboxylic acids is 3. The monoisotopic (exact) mass is 398 g/mol. The van der Waals surface area contributed by atoms with E-state index >= 15 is 4.39 Å². The molecule has 0 bridgehead atoms. The minimum atomic E-state index is -2.22. The summed E-state index contributed by atoms with van der Waals surface area (Å²) < 4.78 is 32.0. The summed E-state index contributed by atoms with van der Waals surface area (Å²) in [6.45, 7) is 7.42. The van der Waals surface area contributed by atoms with Crippen molar-refractivity contribution in [3.8, 4) is 0 Å². The molecule has 156 valence electrons. The van der Waals surface area contributed by atoms with Gasteiger partial charge in [0.2, 0.25) is 5.91 Å². The highest BCUT2D eigenvalue weighted by Gasteiger charge is 2.60. The van der Waals surface area contributed by atoms with Crippen molar-refractivity contribution in [1.29, 1.82) is 5.41 Å². The fraction of sp³-hybridized carbons (Fsp3) is 0.684. The van der Waals surface area contributed by atoms with Gasteiger partial charge in [0.1, 0.15) is 24.7 Å². The Morgan fingerprint density at radius 3 is 2.43 bits per heavy atom. The van der Waals surface area contributed by atoms with E-state index in [9.17, 15) is 14.4 Å². The van der Waals surface area contributed by atoms with Gasteiger partial charge in [-0.15, -0.1) is 0 Å². The van der Waals surface area contributed by atoms with Crippen LogP contribution in [0, 0.1) is 23.2 Å². The summed E-state index contributed by atoms with van der Waals surface area (Å²) in [5.74, 6) is -3.71. The minimum Gasteiger partial charge on any atom is -0.463 e. The molecule has 2 rings (SSSR count). The van der Waals surface area contributed by atoms with Crippen LogP contribution >= 0.6 is 0 Å². The van der Waals surface area contributed by atoms with Crippen LogP contribution in [0.2, 0.25) is 0 Å². The van der Waals surface area contributed by atoms with E-state index in [2.05, 4.69) is 5.32 Å². The molecule has 0 spiro atoms. The normalized spacial score (nSPS) is 32.6. The second kappa shape index (κ2) is 8.38. The van der Waals surface area contributed by atoms with Gasteiger partial charge in [0, 0.05) is 0 Å². The van der Waals surface area contributed by atoms with Crippen LogP contribution in [0.25, 0.3) is 0 Å².